The van der Waals surface area contributed by atoms with Gasteiger partial charge in [-0.15, -0.1) is 0 Å². The van der Waals surface area contributed by atoms with Crippen molar-refractivity contribution in [2.75, 3.05) is 19.8 Å². The molecule has 0 aromatic carbocycles. The monoisotopic (exact) mass is 268 g/mol. The number of ether oxygens (including phenoxy) is 1. The molecule has 0 heterocycles. The average Bonchev–Trinajstić information content (AvgIpc) is 2.28. The second kappa shape index (κ2) is 6.94. The van der Waals surface area contributed by atoms with Gasteiger partial charge in [-0.2, -0.15) is 13.2 Å². The molecule has 1 aliphatic rings. The van der Waals surface area contributed by atoms with Crippen molar-refractivity contribution in [3.05, 3.63) is 0 Å². The van der Waals surface area contributed by atoms with Crippen LogP contribution < -0.4 is 11.1 Å². The first-order chi connectivity index (χ1) is 8.43. The molecule has 0 aromatic rings. The Bertz CT molecular complexity index is 272. The molecule has 1 amide bonds. The first-order valence-electron chi connectivity index (χ1n) is 6.07. The number of hydrogen-bond acceptors (Lipinski definition) is 3. The van der Waals surface area contributed by atoms with Crippen LogP contribution in [0.2, 0.25) is 0 Å². The van der Waals surface area contributed by atoms with E-state index in [2.05, 4.69) is 5.32 Å². The lowest BCUT2D eigenvalue weighted by Crippen LogP contribution is -2.43. The van der Waals surface area contributed by atoms with Crippen LogP contribution in [-0.4, -0.2) is 37.9 Å². The minimum absolute atomic E-state index is 0.0356. The van der Waals surface area contributed by atoms with Crippen molar-refractivity contribution in [1.29, 1.82) is 0 Å². The molecule has 2 unspecified atom stereocenters. The van der Waals surface area contributed by atoms with Crippen molar-refractivity contribution in [1.82, 2.24) is 5.32 Å². The molecule has 0 spiro atoms. The van der Waals surface area contributed by atoms with E-state index in [1.807, 2.05) is 0 Å². The van der Waals surface area contributed by atoms with E-state index < -0.39 is 18.1 Å². The first-order valence-corrected chi connectivity index (χ1v) is 6.07. The van der Waals surface area contributed by atoms with E-state index in [1.54, 1.807) is 0 Å². The first kappa shape index (κ1) is 15.2. The van der Waals surface area contributed by atoms with Gasteiger partial charge in [0.15, 0.2) is 0 Å². The smallest absolute Gasteiger partial charge is 0.370 e. The zero-order chi connectivity index (χ0) is 13.6. The van der Waals surface area contributed by atoms with Gasteiger partial charge in [0.1, 0.15) is 6.61 Å². The highest BCUT2D eigenvalue weighted by Crippen LogP contribution is 2.37. The highest BCUT2D eigenvalue weighted by atomic mass is 19.4. The van der Waals surface area contributed by atoms with Gasteiger partial charge in [0.05, 0.1) is 12.5 Å². The van der Waals surface area contributed by atoms with Crippen LogP contribution in [0.1, 0.15) is 25.7 Å². The highest BCUT2D eigenvalue weighted by molar-refractivity contribution is 5.77. The number of nitrogens with one attached hydrogen (secondary N) is 1. The van der Waals surface area contributed by atoms with Crippen LogP contribution in [0.5, 0.6) is 0 Å². The van der Waals surface area contributed by atoms with E-state index in [-0.39, 0.29) is 32.0 Å². The molecule has 1 aliphatic carbocycles. The Morgan fingerprint density at radius 3 is 2.72 bits per heavy atom. The maximum Gasteiger partial charge on any atom is 0.391 e. The summed E-state index contributed by atoms with van der Waals surface area (Å²) in [4.78, 5) is 11.4. The predicted octanol–water partition coefficient (Wildman–Crippen LogP) is 1.20. The Kier molecular flexibility index (Phi) is 5.87. The van der Waals surface area contributed by atoms with Crippen LogP contribution in [0.4, 0.5) is 13.2 Å². The van der Waals surface area contributed by atoms with Crippen molar-refractivity contribution in [3.63, 3.8) is 0 Å². The van der Waals surface area contributed by atoms with Crippen LogP contribution in [-0.2, 0) is 9.53 Å². The molecule has 7 heteroatoms. The number of amides is 1. The van der Waals surface area contributed by atoms with E-state index in [0.717, 1.165) is 0 Å². The fraction of sp³-hybridized carbons (Fsp3) is 0.909. The molecule has 1 rings (SSSR count). The van der Waals surface area contributed by atoms with E-state index in [0.29, 0.717) is 19.4 Å². The van der Waals surface area contributed by atoms with Gasteiger partial charge in [-0.25, -0.2) is 0 Å². The number of carbonyl (C=O) groups is 1. The molecule has 18 heavy (non-hydrogen) atoms. The van der Waals surface area contributed by atoms with Crippen LogP contribution in [0, 0.1) is 5.92 Å². The number of rotatable bonds is 5. The summed E-state index contributed by atoms with van der Waals surface area (Å²) in [5, 5.41) is 2.58. The van der Waals surface area contributed by atoms with Crippen LogP contribution in [0.25, 0.3) is 0 Å². The van der Waals surface area contributed by atoms with Gasteiger partial charge in [0.25, 0.3) is 0 Å². The Morgan fingerprint density at radius 2 is 2.11 bits per heavy atom. The lowest BCUT2D eigenvalue weighted by molar-refractivity contribution is -0.184. The number of hydrogen-bond donors (Lipinski definition) is 2. The lowest BCUT2D eigenvalue weighted by Gasteiger charge is -2.30. The van der Waals surface area contributed by atoms with Gasteiger partial charge >= 0.3 is 6.18 Å². The van der Waals surface area contributed by atoms with Gasteiger partial charge < -0.3 is 15.8 Å². The van der Waals surface area contributed by atoms with E-state index >= 15 is 0 Å². The summed E-state index contributed by atoms with van der Waals surface area (Å²) in [7, 11) is 0. The average molecular weight is 268 g/mol. The summed E-state index contributed by atoms with van der Waals surface area (Å²) in [6, 6.07) is -0.403. The Morgan fingerprint density at radius 1 is 1.39 bits per heavy atom. The topological polar surface area (TPSA) is 64.3 Å². The van der Waals surface area contributed by atoms with Crippen molar-refractivity contribution >= 4 is 5.91 Å². The maximum atomic E-state index is 12.5. The van der Waals surface area contributed by atoms with Crippen molar-refractivity contribution in [3.8, 4) is 0 Å². The zero-order valence-electron chi connectivity index (χ0n) is 10.1. The summed E-state index contributed by atoms with van der Waals surface area (Å²) >= 11 is 0. The van der Waals surface area contributed by atoms with Gasteiger partial charge in [0.2, 0.25) is 5.91 Å². The fourth-order valence-electron chi connectivity index (χ4n) is 2.14. The Balaban J connectivity index is 2.31. The normalized spacial score (nSPS) is 24.9. The quantitative estimate of drug-likeness (QED) is 0.736. The Labute approximate surface area is 104 Å². The summed E-state index contributed by atoms with van der Waals surface area (Å²) in [6.45, 7) is 0.431. The molecular formula is C11H19F3N2O2. The second-order valence-electron chi connectivity index (χ2n) is 4.51. The third-order valence-corrected chi connectivity index (χ3v) is 3.00. The van der Waals surface area contributed by atoms with Crippen LogP contribution in [0.3, 0.4) is 0 Å². The summed E-state index contributed by atoms with van der Waals surface area (Å²) < 4.78 is 42.6. The largest absolute Gasteiger partial charge is 0.391 e. The molecule has 2 atom stereocenters. The highest BCUT2D eigenvalue weighted by Gasteiger charge is 2.42. The number of alkyl halides is 3. The van der Waals surface area contributed by atoms with Gasteiger partial charge in [-0.1, -0.05) is 6.42 Å². The van der Waals surface area contributed by atoms with E-state index in [9.17, 15) is 18.0 Å². The maximum absolute atomic E-state index is 12.5. The molecule has 1 saturated carbocycles. The second-order valence-corrected chi connectivity index (χ2v) is 4.51. The SMILES string of the molecule is NCCOCC(=O)NC1CCCC(C(F)(F)F)C1. The third kappa shape index (κ3) is 5.22. The summed E-state index contributed by atoms with van der Waals surface area (Å²) in [5.74, 6) is -1.68. The Hall–Kier alpha value is -0.820. The number of halogens is 3. The summed E-state index contributed by atoms with van der Waals surface area (Å²) in [6.07, 6.45) is -2.97. The van der Waals surface area contributed by atoms with Crippen molar-refractivity contribution < 1.29 is 22.7 Å². The van der Waals surface area contributed by atoms with Crippen LogP contribution in [0.15, 0.2) is 0 Å². The number of carbonyl (C=O) groups excluding carboxylic acids is 1. The molecule has 106 valence electrons. The molecule has 0 aliphatic heterocycles. The molecular weight excluding hydrogens is 249 g/mol. The third-order valence-electron chi connectivity index (χ3n) is 3.00. The zero-order valence-corrected chi connectivity index (χ0v) is 10.1. The van der Waals surface area contributed by atoms with Gasteiger partial charge in [-0.3, -0.25) is 4.79 Å². The minimum atomic E-state index is -4.17. The molecule has 0 aromatic heterocycles. The summed E-state index contributed by atoms with van der Waals surface area (Å²) in [5.41, 5.74) is 5.18. The molecule has 3 N–H and O–H groups in total. The number of nitrogens with two attached hydrogens (primary N) is 1. The van der Waals surface area contributed by atoms with Gasteiger partial charge in [-0.05, 0) is 19.3 Å². The van der Waals surface area contributed by atoms with E-state index in [1.165, 1.54) is 0 Å². The predicted molar refractivity (Wildman–Crippen MR) is 59.8 cm³/mol. The van der Waals surface area contributed by atoms with Gasteiger partial charge in [0, 0.05) is 12.6 Å². The molecule has 0 radical (unpaired) electrons. The van der Waals surface area contributed by atoms with Crippen molar-refractivity contribution in [2.24, 2.45) is 11.7 Å². The molecule has 0 saturated heterocycles. The molecule has 0 bridgehead atoms. The standard InChI is InChI=1S/C11H19F3N2O2/c12-11(13,14)8-2-1-3-9(6-8)16-10(17)7-18-5-4-15/h8-9H,1-7,15H2,(H,16,17). The molecule has 1 fully saturated rings. The lowest BCUT2D eigenvalue weighted by atomic mass is 9.85. The minimum Gasteiger partial charge on any atom is -0.370 e. The van der Waals surface area contributed by atoms with Crippen molar-refractivity contribution in [2.45, 2.75) is 37.9 Å². The fourth-order valence-corrected chi connectivity index (χ4v) is 2.14. The van der Waals surface area contributed by atoms with E-state index in [4.69, 9.17) is 10.5 Å². The van der Waals surface area contributed by atoms with Crippen LogP contribution >= 0.6 is 0 Å². The molecule has 4 nitrogen and oxygen atoms in total.